The van der Waals surface area contributed by atoms with E-state index in [2.05, 4.69) is 4.99 Å². The molecule has 1 aromatic rings. The van der Waals surface area contributed by atoms with Gasteiger partial charge in [0.15, 0.2) is 15.0 Å². The number of carboxylic acid groups (broad SMARTS) is 1. The Labute approximate surface area is 162 Å². The number of carbonyl (C=O) groups is 2. The Morgan fingerprint density at radius 1 is 1.22 bits per heavy atom. The number of thioether (sulfide) groups is 1. The fourth-order valence-electron chi connectivity index (χ4n) is 3.26. The van der Waals surface area contributed by atoms with E-state index >= 15 is 0 Å². The molecule has 2 atom stereocenters. The van der Waals surface area contributed by atoms with E-state index in [1.807, 2.05) is 36.1 Å². The quantitative estimate of drug-likeness (QED) is 0.674. The summed E-state index contributed by atoms with van der Waals surface area (Å²) in [6.45, 7) is 2.47. The second-order valence-corrected chi connectivity index (χ2v) is 10.3. The van der Waals surface area contributed by atoms with Gasteiger partial charge in [0.25, 0.3) is 0 Å². The molecule has 146 valence electrons. The molecule has 9 heteroatoms. The lowest BCUT2D eigenvalue weighted by atomic mass is 10.1. The molecule has 0 aromatic heterocycles. The Hall–Kier alpha value is -1.87. The first-order valence-corrected chi connectivity index (χ1v) is 11.4. The van der Waals surface area contributed by atoms with Crippen molar-refractivity contribution in [2.75, 3.05) is 11.5 Å². The van der Waals surface area contributed by atoms with Crippen molar-refractivity contribution in [3.05, 3.63) is 35.4 Å². The van der Waals surface area contributed by atoms with Crippen molar-refractivity contribution in [3.63, 3.8) is 0 Å². The van der Waals surface area contributed by atoms with Crippen LogP contribution in [0.3, 0.4) is 0 Å². The number of fused-ring (bicyclic) bond motifs is 1. The number of sulfone groups is 1. The summed E-state index contributed by atoms with van der Waals surface area (Å²) in [7, 11) is -3.09. The van der Waals surface area contributed by atoms with Crippen LogP contribution in [0.2, 0.25) is 0 Å². The van der Waals surface area contributed by atoms with Gasteiger partial charge in [-0.3, -0.25) is 4.79 Å². The minimum atomic E-state index is -3.09. The number of nitrogens with zero attached hydrogens (tertiary/aromatic N) is 2. The SMILES string of the molecule is Cc1ccc(CN2C(=NC(=O)CCCC(=O)[O-])S[C@H]3CS(=O)(=O)C[C@@H]32)cc1. The monoisotopic (exact) mass is 409 g/mol. The number of hydrogen-bond acceptors (Lipinski definition) is 6. The van der Waals surface area contributed by atoms with E-state index in [0.29, 0.717) is 11.7 Å². The summed E-state index contributed by atoms with van der Waals surface area (Å²) in [5.41, 5.74) is 2.15. The zero-order valence-electron chi connectivity index (χ0n) is 15.0. The molecule has 1 amide bonds. The van der Waals surface area contributed by atoms with Gasteiger partial charge in [0, 0.05) is 24.2 Å². The van der Waals surface area contributed by atoms with Gasteiger partial charge < -0.3 is 14.8 Å². The van der Waals surface area contributed by atoms with E-state index < -0.39 is 21.7 Å². The van der Waals surface area contributed by atoms with Gasteiger partial charge in [-0.2, -0.15) is 4.99 Å². The Balaban J connectivity index is 1.77. The summed E-state index contributed by atoms with van der Waals surface area (Å²) in [5, 5.41) is 10.9. The van der Waals surface area contributed by atoms with Crippen LogP contribution in [-0.4, -0.2) is 53.2 Å². The van der Waals surface area contributed by atoms with Gasteiger partial charge in [-0.15, -0.1) is 0 Å². The normalized spacial score (nSPS) is 24.9. The van der Waals surface area contributed by atoms with Gasteiger partial charge in [0.2, 0.25) is 5.91 Å². The molecule has 2 saturated heterocycles. The highest BCUT2D eigenvalue weighted by molar-refractivity contribution is 8.15. The summed E-state index contributed by atoms with van der Waals surface area (Å²) in [4.78, 5) is 28.6. The van der Waals surface area contributed by atoms with Gasteiger partial charge in [-0.25, -0.2) is 8.42 Å². The van der Waals surface area contributed by atoms with Crippen LogP contribution in [0.15, 0.2) is 29.3 Å². The van der Waals surface area contributed by atoms with Crippen molar-refractivity contribution in [3.8, 4) is 0 Å². The van der Waals surface area contributed by atoms with E-state index in [-0.39, 0.29) is 42.1 Å². The average Bonchev–Trinajstić information content (AvgIpc) is 3.02. The number of hydrogen-bond donors (Lipinski definition) is 0. The number of carboxylic acids is 1. The van der Waals surface area contributed by atoms with Gasteiger partial charge in [-0.1, -0.05) is 41.6 Å². The van der Waals surface area contributed by atoms with Crippen molar-refractivity contribution >= 4 is 38.6 Å². The molecule has 2 aliphatic heterocycles. The van der Waals surface area contributed by atoms with Gasteiger partial charge in [0.05, 0.1) is 17.5 Å². The van der Waals surface area contributed by atoms with Crippen LogP contribution in [0.5, 0.6) is 0 Å². The summed E-state index contributed by atoms with van der Waals surface area (Å²) < 4.78 is 24.0. The van der Waals surface area contributed by atoms with Crippen molar-refractivity contribution in [2.45, 2.75) is 44.0 Å². The topological polar surface area (TPSA) is 107 Å². The lowest BCUT2D eigenvalue weighted by Crippen LogP contribution is -2.37. The average molecular weight is 410 g/mol. The van der Waals surface area contributed by atoms with E-state index in [1.54, 1.807) is 0 Å². The molecule has 1 aromatic carbocycles. The number of rotatable bonds is 6. The fourth-order valence-corrected chi connectivity index (χ4v) is 7.23. The van der Waals surface area contributed by atoms with Gasteiger partial charge in [0.1, 0.15) is 0 Å². The third-order valence-electron chi connectivity index (χ3n) is 4.64. The molecule has 2 heterocycles. The number of aliphatic carboxylic acids is 1. The Bertz CT molecular complexity index is 864. The van der Waals surface area contributed by atoms with Crippen LogP contribution in [-0.2, 0) is 26.0 Å². The summed E-state index contributed by atoms with van der Waals surface area (Å²) in [6, 6.07) is 7.75. The lowest BCUT2D eigenvalue weighted by Gasteiger charge is -2.24. The van der Waals surface area contributed by atoms with Crippen LogP contribution in [0.1, 0.15) is 30.4 Å². The first-order chi connectivity index (χ1) is 12.7. The van der Waals surface area contributed by atoms with Crippen molar-refractivity contribution < 1.29 is 23.1 Å². The van der Waals surface area contributed by atoms with Crippen LogP contribution in [0.25, 0.3) is 0 Å². The molecular formula is C18H21N2O5S2-. The Morgan fingerprint density at radius 2 is 1.93 bits per heavy atom. The molecule has 0 bridgehead atoms. The number of benzene rings is 1. The zero-order valence-corrected chi connectivity index (χ0v) is 16.6. The molecule has 0 radical (unpaired) electrons. The molecular weight excluding hydrogens is 388 g/mol. The number of amides is 1. The second-order valence-electron chi connectivity index (χ2n) is 6.93. The third kappa shape index (κ3) is 5.10. The standard InChI is InChI=1S/C18H22N2O5S2/c1-12-5-7-13(8-6-12)9-20-14-10-27(24,25)11-15(14)26-18(20)19-16(21)3-2-4-17(22)23/h5-8,14-15H,2-4,9-11H2,1H3,(H,22,23)/p-1/t14-,15-/m0/s1. The van der Waals surface area contributed by atoms with Gasteiger partial charge in [-0.05, 0) is 25.3 Å². The molecule has 7 nitrogen and oxygen atoms in total. The van der Waals surface area contributed by atoms with Crippen LogP contribution in [0, 0.1) is 6.92 Å². The van der Waals surface area contributed by atoms with Crippen molar-refractivity contribution in [1.82, 2.24) is 4.90 Å². The molecule has 0 N–H and O–H groups in total. The molecule has 2 aliphatic rings. The smallest absolute Gasteiger partial charge is 0.248 e. The molecule has 0 saturated carbocycles. The number of aryl methyl sites for hydroxylation is 1. The maximum Gasteiger partial charge on any atom is 0.248 e. The summed E-state index contributed by atoms with van der Waals surface area (Å²) in [6.07, 6.45) is 0.0339. The molecule has 2 fully saturated rings. The number of carbonyl (C=O) groups excluding carboxylic acids is 2. The maximum atomic E-state index is 12.1. The molecule has 3 rings (SSSR count). The highest BCUT2D eigenvalue weighted by Crippen LogP contribution is 2.39. The number of amidine groups is 1. The van der Waals surface area contributed by atoms with Gasteiger partial charge >= 0.3 is 0 Å². The second kappa shape index (κ2) is 8.02. The minimum absolute atomic E-state index is 0.0318. The van der Waals surface area contributed by atoms with E-state index in [1.165, 1.54) is 11.8 Å². The fraction of sp³-hybridized carbons (Fsp3) is 0.500. The van der Waals surface area contributed by atoms with Crippen LogP contribution >= 0.6 is 11.8 Å². The van der Waals surface area contributed by atoms with Crippen molar-refractivity contribution in [2.24, 2.45) is 4.99 Å². The molecule has 0 aliphatic carbocycles. The zero-order chi connectivity index (χ0) is 19.6. The van der Waals surface area contributed by atoms with Crippen molar-refractivity contribution in [1.29, 1.82) is 0 Å². The number of aliphatic imine (C=N–C) groups is 1. The highest BCUT2D eigenvalue weighted by atomic mass is 32.2. The largest absolute Gasteiger partial charge is 0.550 e. The first kappa shape index (κ1) is 19.9. The Morgan fingerprint density at radius 3 is 2.59 bits per heavy atom. The lowest BCUT2D eigenvalue weighted by molar-refractivity contribution is -0.305. The minimum Gasteiger partial charge on any atom is -0.550 e. The van der Waals surface area contributed by atoms with Crippen LogP contribution in [0.4, 0.5) is 0 Å². The van der Waals surface area contributed by atoms with E-state index in [0.717, 1.165) is 11.1 Å². The Kier molecular flexibility index (Phi) is 5.90. The predicted octanol–water partition coefficient (Wildman–Crippen LogP) is 0.512. The predicted molar refractivity (Wildman–Crippen MR) is 102 cm³/mol. The molecule has 0 unspecified atom stereocenters. The molecule has 27 heavy (non-hydrogen) atoms. The highest BCUT2D eigenvalue weighted by Gasteiger charge is 2.48. The van der Waals surface area contributed by atoms with Crippen LogP contribution < -0.4 is 5.11 Å². The molecule has 0 spiro atoms. The third-order valence-corrected chi connectivity index (χ3v) is 7.89. The first-order valence-electron chi connectivity index (χ1n) is 8.74. The van der Waals surface area contributed by atoms with E-state index in [4.69, 9.17) is 0 Å². The maximum absolute atomic E-state index is 12.1. The summed E-state index contributed by atoms with van der Waals surface area (Å²) >= 11 is 1.33. The summed E-state index contributed by atoms with van der Waals surface area (Å²) in [5.74, 6) is -1.43. The van der Waals surface area contributed by atoms with E-state index in [9.17, 15) is 23.1 Å².